The van der Waals surface area contributed by atoms with Gasteiger partial charge in [0.25, 0.3) is 0 Å². The summed E-state index contributed by atoms with van der Waals surface area (Å²) < 4.78 is 6.64. The van der Waals surface area contributed by atoms with Crippen molar-refractivity contribution in [1.29, 1.82) is 0 Å². The summed E-state index contributed by atoms with van der Waals surface area (Å²) in [5, 5.41) is 7.83. The largest absolute Gasteiger partial charge is 0.453 e. The molecular weight excluding hydrogens is 366 g/mol. The number of aromatic nitrogens is 3. The molecule has 4 rings (SSSR count). The van der Waals surface area contributed by atoms with E-state index in [1.165, 1.54) is 12.7 Å². The van der Waals surface area contributed by atoms with Crippen LogP contribution in [0.3, 0.4) is 0 Å². The van der Waals surface area contributed by atoms with Gasteiger partial charge in [0.15, 0.2) is 0 Å². The average molecular weight is 391 g/mol. The van der Waals surface area contributed by atoms with Crippen LogP contribution in [0.4, 0.5) is 16.4 Å². The van der Waals surface area contributed by atoms with E-state index in [0.717, 1.165) is 36.3 Å². The maximum Gasteiger partial charge on any atom is 0.409 e. The van der Waals surface area contributed by atoms with Crippen molar-refractivity contribution in [3.63, 3.8) is 0 Å². The van der Waals surface area contributed by atoms with Crippen molar-refractivity contribution in [2.45, 2.75) is 25.7 Å². The number of carbonyl (C=O) groups is 1. The molecule has 3 aromatic rings. The standard InChI is InChI=1S/C22H25N5O2/c1-16-11-18(17-7-6-10-26(14-17)22(28)29-2)13-19(12-16)24-21-23-15-27(25-21)20-8-4-3-5-9-20/h3-5,8-9,11-13,15,17H,6-7,10,14H2,1-2H3,(H,24,25). The third kappa shape index (κ3) is 4.39. The summed E-state index contributed by atoms with van der Waals surface area (Å²) in [6.45, 7) is 3.50. The molecule has 1 aromatic heterocycles. The number of carbonyl (C=O) groups excluding carboxylic acids is 1. The van der Waals surface area contributed by atoms with Crippen LogP contribution in [0.15, 0.2) is 54.9 Å². The second-order valence-electron chi connectivity index (χ2n) is 7.36. The van der Waals surface area contributed by atoms with E-state index in [2.05, 4.69) is 40.5 Å². The molecule has 1 amide bonds. The minimum Gasteiger partial charge on any atom is -0.453 e. The molecule has 1 aliphatic rings. The first-order chi connectivity index (χ1) is 14.1. The molecule has 0 radical (unpaired) electrons. The van der Waals surface area contributed by atoms with Gasteiger partial charge in [-0.1, -0.05) is 24.3 Å². The zero-order chi connectivity index (χ0) is 20.2. The first-order valence-electron chi connectivity index (χ1n) is 9.81. The molecule has 0 bridgehead atoms. The van der Waals surface area contributed by atoms with Gasteiger partial charge in [-0.05, 0) is 55.2 Å². The number of benzene rings is 2. The molecule has 0 aliphatic carbocycles. The number of amides is 1. The summed E-state index contributed by atoms with van der Waals surface area (Å²) in [5.74, 6) is 0.836. The number of aryl methyl sites for hydroxylation is 1. The van der Waals surface area contributed by atoms with Crippen LogP contribution in [0.2, 0.25) is 0 Å². The zero-order valence-electron chi connectivity index (χ0n) is 16.7. The van der Waals surface area contributed by atoms with Crippen LogP contribution in [0, 0.1) is 6.92 Å². The fourth-order valence-electron chi connectivity index (χ4n) is 3.82. The van der Waals surface area contributed by atoms with Gasteiger partial charge in [0.1, 0.15) is 6.33 Å². The van der Waals surface area contributed by atoms with Crippen LogP contribution in [0.1, 0.15) is 29.9 Å². The molecule has 7 nitrogen and oxygen atoms in total. The molecule has 1 saturated heterocycles. The van der Waals surface area contributed by atoms with E-state index in [4.69, 9.17) is 4.74 Å². The maximum absolute atomic E-state index is 11.9. The summed E-state index contributed by atoms with van der Waals surface area (Å²) in [7, 11) is 1.43. The molecule has 1 N–H and O–H groups in total. The number of likely N-dealkylation sites (tertiary alicyclic amines) is 1. The summed E-state index contributed by atoms with van der Waals surface area (Å²) in [4.78, 5) is 18.1. The summed E-state index contributed by atoms with van der Waals surface area (Å²) in [6, 6.07) is 16.3. The number of anilines is 2. The van der Waals surface area contributed by atoms with Crippen molar-refractivity contribution >= 4 is 17.7 Å². The minimum atomic E-state index is -0.253. The number of piperidine rings is 1. The van der Waals surface area contributed by atoms with E-state index in [-0.39, 0.29) is 12.0 Å². The van der Waals surface area contributed by atoms with Crippen molar-refractivity contribution < 1.29 is 9.53 Å². The molecule has 0 saturated carbocycles. The number of hydrogen-bond acceptors (Lipinski definition) is 5. The topological polar surface area (TPSA) is 72.3 Å². The number of rotatable bonds is 4. The van der Waals surface area contributed by atoms with Crippen molar-refractivity contribution in [2.24, 2.45) is 0 Å². The van der Waals surface area contributed by atoms with Gasteiger partial charge in [0.05, 0.1) is 12.8 Å². The van der Waals surface area contributed by atoms with E-state index in [0.29, 0.717) is 12.5 Å². The Kier molecular flexibility index (Phi) is 5.46. The molecule has 1 fully saturated rings. The van der Waals surface area contributed by atoms with E-state index < -0.39 is 0 Å². The van der Waals surface area contributed by atoms with E-state index in [1.54, 1.807) is 15.9 Å². The molecule has 7 heteroatoms. The van der Waals surface area contributed by atoms with Gasteiger partial charge in [-0.3, -0.25) is 0 Å². The fraction of sp³-hybridized carbons (Fsp3) is 0.318. The number of nitrogens with one attached hydrogen (secondary N) is 1. The Hall–Kier alpha value is -3.35. The molecule has 150 valence electrons. The van der Waals surface area contributed by atoms with Gasteiger partial charge >= 0.3 is 6.09 Å². The van der Waals surface area contributed by atoms with E-state index >= 15 is 0 Å². The number of para-hydroxylation sites is 1. The highest BCUT2D eigenvalue weighted by atomic mass is 16.5. The fourth-order valence-corrected chi connectivity index (χ4v) is 3.82. The predicted molar refractivity (Wildman–Crippen MR) is 112 cm³/mol. The Labute approximate surface area is 170 Å². The summed E-state index contributed by atoms with van der Waals surface area (Å²) in [6.07, 6.45) is 3.47. The quantitative estimate of drug-likeness (QED) is 0.719. The normalized spacial score (nSPS) is 16.5. The van der Waals surface area contributed by atoms with Crippen LogP contribution >= 0.6 is 0 Å². The van der Waals surface area contributed by atoms with Gasteiger partial charge in [-0.15, -0.1) is 5.10 Å². The Balaban J connectivity index is 1.52. The summed E-state index contributed by atoms with van der Waals surface area (Å²) >= 11 is 0. The highest BCUT2D eigenvalue weighted by Gasteiger charge is 2.25. The second-order valence-corrected chi connectivity index (χ2v) is 7.36. The van der Waals surface area contributed by atoms with Crippen molar-refractivity contribution in [3.05, 3.63) is 66.0 Å². The number of nitrogens with zero attached hydrogens (tertiary/aromatic N) is 4. The molecule has 2 heterocycles. The smallest absolute Gasteiger partial charge is 0.409 e. The monoisotopic (exact) mass is 391 g/mol. The van der Waals surface area contributed by atoms with Crippen molar-refractivity contribution in [3.8, 4) is 5.69 Å². The lowest BCUT2D eigenvalue weighted by molar-refractivity contribution is 0.111. The molecule has 1 aliphatic heterocycles. The number of methoxy groups -OCH3 is 1. The van der Waals surface area contributed by atoms with E-state index in [9.17, 15) is 4.79 Å². The molecule has 29 heavy (non-hydrogen) atoms. The predicted octanol–water partition coefficient (Wildman–Crippen LogP) is 4.27. The van der Waals surface area contributed by atoms with Crippen LogP contribution in [0.5, 0.6) is 0 Å². The Bertz CT molecular complexity index is 986. The van der Waals surface area contributed by atoms with Crippen molar-refractivity contribution in [1.82, 2.24) is 19.7 Å². The highest BCUT2D eigenvalue weighted by Crippen LogP contribution is 2.30. The minimum absolute atomic E-state index is 0.253. The Morgan fingerprint density at radius 2 is 2.03 bits per heavy atom. The van der Waals surface area contributed by atoms with Crippen LogP contribution in [-0.4, -0.2) is 46.0 Å². The first kappa shape index (κ1) is 19.0. The van der Waals surface area contributed by atoms with Crippen LogP contribution in [-0.2, 0) is 4.74 Å². The second kappa shape index (κ2) is 8.34. The van der Waals surface area contributed by atoms with Gasteiger partial charge in [-0.25, -0.2) is 9.48 Å². The number of ether oxygens (including phenoxy) is 1. The van der Waals surface area contributed by atoms with E-state index in [1.807, 2.05) is 30.3 Å². The summed E-state index contributed by atoms with van der Waals surface area (Å²) in [5.41, 5.74) is 4.27. The van der Waals surface area contributed by atoms with Crippen LogP contribution in [0.25, 0.3) is 5.69 Å². The maximum atomic E-state index is 11.9. The van der Waals surface area contributed by atoms with Crippen LogP contribution < -0.4 is 5.32 Å². The lowest BCUT2D eigenvalue weighted by atomic mass is 9.89. The SMILES string of the molecule is COC(=O)N1CCCC(c2cc(C)cc(Nc3ncn(-c4ccccc4)n3)c2)C1. The lowest BCUT2D eigenvalue weighted by Crippen LogP contribution is -2.39. The third-order valence-electron chi connectivity index (χ3n) is 5.19. The molecular formula is C22H25N5O2. The molecule has 0 spiro atoms. The highest BCUT2D eigenvalue weighted by molar-refractivity contribution is 5.67. The Morgan fingerprint density at radius 3 is 2.83 bits per heavy atom. The molecule has 1 atom stereocenters. The van der Waals surface area contributed by atoms with Gasteiger partial charge in [0, 0.05) is 24.7 Å². The average Bonchev–Trinajstić information content (AvgIpc) is 3.22. The van der Waals surface area contributed by atoms with Crippen molar-refractivity contribution in [2.75, 3.05) is 25.5 Å². The van der Waals surface area contributed by atoms with Gasteiger partial charge in [-0.2, -0.15) is 4.98 Å². The van der Waals surface area contributed by atoms with Gasteiger partial charge < -0.3 is 15.0 Å². The lowest BCUT2D eigenvalue weighted by Gasteiger charge is -2.32. The first-order valence-corrected chi connectivity index (χ1v) is 9.81. The van der Waals surface area contributed by atoms with Gasteiger partial charge in [0.2, 0.25) is 5.95 Å². The zero-order valence-corrected chi connectivity index (χ0v) is 16.7. The third-order valence-corrected chi connectivity index (χ3v) is 5.19. The molecule has 2 aromatic carbocycles. The molecule has 1 unspecified atom stereocenters. The number of hydrogen-bond donors (Lipinski definition) is 1. The Morgan fingerprint density at radius 1 is 1.21 bits per heavy atom.